The molecule has 10 nitrogen and oxygen atoms in total. The Hall–Kier alpha value is -3.60. The van der Waals surface area contributed by atoms with Gasteiger partial charge in [0.2, 0.25) is 0 Å². The lowest BCUT2D eigenvalue weighted by Gasteiger charge is -2.12. The van der Waals surface area contributed by atoms with E-state index in [4.69, 9.17) is 10.5 Å². The normalized spacial score (nSPS) is 11.4. The van der Waals surface area contributed by atoms with Crippen molar-refractivity contribution >= 4 is 44.6 Å². The zero-order valence-corrected chi connectivity index (χ0v) is 18.2. The monoisotopic (exact) mass is 487 g/mol. The Kier molecular flexibility index (Phi) is 6.44. The second kappa shape index (κ2) is 9.04. The molecule has 1 heterocycles. The van der Waals surface area contributed by atoms with E-state index in [0.717, 1.165) is 4.47 Å². The molecule has 0 radical (unpaired) electrons. The zero-order valence-electron chi connectivity index (χ0n) is 16.6. The van der Waals surface area contributed by atoms with Crippen LogP contribution in [0.4, 0.5) is 5.69 Å². The molecule has 2 aromatic carbocycles. The van der Waals surface area contributed by atoms with Crippen molar-refractivity contribution in [3.05, 3.63) is 72.7 Å². The quantitative estimate of drug-likeness (QED) is 0.308. The van der Waals surface area contributed by atoms with E-state index in [9.17, 15) is 19.7 Å². The summed E-state index contributed by atoms with van der Waals surface area (Å²) >= 11 is 3.35. The molecule has 2 N–H and O–H groups in total. The Morgan fingerprint density at radius 3 is 2.74 bits per heavy atom. The lowest BCUT2D eigenvalue weighted by atomic mass is 10.2. The summed E-state index contributed by atoms with van der Waals surface area (Å²) in [7, 11) is 0. The Bertz CT molecular complexity index is 1270. The molecule has 0 saturated carbocycles. The molecule has 0 spiro atoms. The van der Waals surface area contributed by atoms with Gasteiger partial charge in [-0.15, -0.1) is 0 Å². The maximum Gasteiger partial charge on any atom is 0.311 e. The third kappa shape index (κ3) is 4.94. The van der Waals surface area contributed by atoms with Crippen molar-refractivity contribution in [1.82, 2.24) is 9.66 Å². The Balaban J connectivity index is 2.06. The van der Waals surface area contributed by atoms with Crippen LogP contribution in [0.3, 0.4) is 0 Å². The first-order valence-corrected chi connectivity index (χ1v) is 9.92. The molecule has 11 heteroatoms. The lowest BCUT2D eigenvalue weighted by Crippen LogP contribution is -2.23. The minimum absolute atomic E-state index is 0.0989. The third-order valence-electron chi connectivity index (χ3n) is 4.22. The van der Waals surface area contributed by atoms with Crippen LogP contribution in [-0.2, 0) is 4.79 Å². The molecule has 0 fully saturated rings. The summed E-state index contributed by atoms with van der Waals surface area (Å²) in [6, 6.07) is 9.28. The number of aromatic nitrogens is 2. The van der Waals surface area contributed by atoms with Gasteiger partial charge in [-0.3, -0.25) is 19.7 Å². The first-order chi connectivity index (χ1) is 14.7. The van der Waals surface area contributed by atoms with Crippen LogP contribution in [-0.4, -0.2) is 33.3 Å². The van der Waals surface area contributed by atoms with Crippen LogP contribution in [0.25, 0.3) is 10.9 Å². The molecule has 0 bridgehead atoms. The van der Waals surface area contributed by atoms with Gasteiger partial charge in [-0.05, 0) is 30.3 Å². The van der Waals surface area contributed by atoms with Crippen molar-refractivity contribution in [2.45, 2.75) is 19.8 Å². The number of halogens is 1. The van der Waals surface area contributed by atoms with Crippen molar-refractivity contribution in [1.29, 1.82) is 0 Å². The second-order valence-electron chi connectivity index (χ2n) is 6.89. The highest BCUT2D eigenvalue weighted by Gasteiger charge is 2.17. The van der Waals surface area contributed by atoms with Crippen LogP contribution in [0.2, 0.25) is 0 Å². The van der Waals surface area contributed by atoms with Gasteiger partial charge in [0.05, 0.1) is 22.0 Å². The summed E-state index contributed by atoms with van der Waals surface area (Å²) in [5, 5.41) is 16.0. The number of ether oxygens (including phenoxy) is 1. The molecule has 31 heavy (non-hydrogen) atoms. The molecular formula is C20H18BrN5O5. The number of nitrogens with zero attached hydrogens (tertiary/aromatic N) is 4. The average Bonchev–Trinajstić information content (AvgIpc) is 2.71. The van der Waals surface area contributed by atoms with Crippen molar-refractivity contribution in [3.63, 3.8) is 0 Å². The molecule has 0 atom stereocenters. The number of benzene rings is 2. The summed E-state index contributed by atoms with van der Waals surface area (Å²) in [4.78, 5) is 39.2. The number of nitrogens with two attached hydrogens (primary N) is 1. The van der Waals surface area contributed by atoms with Gasteiger partial charge in [0.15, 0.2) is 12.4 Å². The number of primary amides is 1. The van der Waals surface area contributed by atoms with Crippen molar-refractivity contribution in [3.8, 4) is 5.75 Å². The number of hydrogen-bond donors (Lipinski definition) is 1. The molecule has 0 aliphatic heterocycles. The maximum atomic E-state index is 13.0. The molecule has 0 unspecified atom stereocenters. The fourth-order valence-corrected chi connectivity index (χ4v) is 3.17. The average molecular weight is 488 g/mol. The Labute approximate surface area is 184 Å². The Morgan fingerprint density at radius 1 is 1.35 bits per heavy atom. The highest BCUT2D eigenvalue weighted by Crippen LogP contribution is 2.27. The predicted octanol–water partition coefficient (Wildman–Crippen LogP) is 2.94. The molecule has 3 rings (SSSR count). The van der Waals surface area contributed by atoms with E-state index < -0.39 is 17.4 Å². The number of rotatable bonds is 7. The molecule has 160 valence electrons. The van der Waals surface area contributed by atoms with E-state index in [1.54, 1.807) is 18.2 Å². The summed E-state index contributed by atoms with van der Waals surface area (Å²) in [5.74, 6) is -0.502. The molecule has 0 aliphatic carbocycles. The molecule has 0 saturated heterocycles. The predicted molar refractivity (Wildman–Crippen MR) is 119 cm³/mol. The minimum Gasteiger partial charge on any atom is -0.477 e. The van der Waals surface area contributed by atoms with Crippen LogP contribution >= 0.6 is 15.9 Å². The first-order valence-electron chi connectivity index (χ1n) is 9.13. The first kappa shape index (κ1) is 22.1. The highest BCUT2D eigenvalue weighted by atomic mass is 79.9. The number of nitro benzene ring substituents is 1. The number of nitro groups is 1. The fourth-order valence-electron chi connectivity index (χ4n) is 2.80. The van der Waals surface area contributed by atoms with E-state index in [1.165, 1.54) is 29.1 Å². The van der Waals surface area contributed by atoms with E-state index in [0.29, 0.717) is 22.3 Å². The van der Waals surface area contributed by atoms with E-state index in [2.05, 4.69) is 26.0 Å². The van der Waals surface area contributed by atoms with Gasteiger partial charge in [-0.25, -0.2) is 4.98 Å². The van der Waals surface area contributed by atoms with Gasteiger partial charge in [-0.2, -0.15) is 9.78 Å². The van der Waals surface area contributed by atoms with E-state index in [-0.39, 0.29) is 22.9 Å². The van der Waals surface area contributed by atoms with Crippen LogP contribution in [0.1, 0.15) is 31.2 Å². The van der Waals surface area contributed by atoms with Crippen molar-refractivity contribution < 1.29 is 14.5 Å². The number of fused-ring (bicyclic) bond motifs is 1. The third-order valence-corrected chi connectivity index (χ3v) is 4.71. The number of amides is 1. The summed E-state index contributed by atoms with van der Waals surface area (Å²) in [6.45, 7) is 3.28. The number of carbonyl (C=O) groups excluding carboxylic acids is 1. The topological polar surface area (TPSA) is 143 Å². The van der Waals surface area contributed by atoms with Gasteiger partial charge >= 0.3 is 5.69 Å². The maximum absolute atomic E-state index is 13.0. The van der Waals surface area contributed by atoms with E-state index >= 15 is 0 Å². The highest BCUT2D eigenvalue weighted by molar-refractivity contribution is 9.10. The van der Waals surface area contributed by atoms with Crippen LogP contribution in [0, 0.1) is 10.1 Å². The lowest BCUT2D eigenvalue weighted by molar-refractivity contribution is -0.385. The van der Waals surface area contributed by atoms with Crippen molar-refractivity contribution in [2.24, 2.45) is 10.8 Å². The van der Waals surface area contributed by atoms with Gasteiger partial charge in [0.25, 0.3) is 11.5 Å². The molecule has 0 aliphatic rings. The van der Waals surface area contributed by atoms with Gasteiger partial charge in [0, 0.05) is 22.0 Å². The SMILES string of the molecule is CC(C)c1nc2ccc(Br)cc2c(=O)n1N=Cc1ccc(OCC(N)=O)c([N+](=O)[O-])c1. The van der Waals surface area contributed by atoms with Gasteiger partial charge in [0.1, 0.15) is 5.82 Å². The fraction of sp³-hybridized carbons (Fsp3) is 0.200. The summed E-state index contributed by atoms with van der Waals surface area (Å²) < 4.78 is 6.99. The smallest absolute Gasteiger partial charge is 0.311 e. The minimum atomic E-state index is -0.754. The summed E-state index contributed by atoms with van der Waals surface area (Å²) in [6.07, 6.45) is 1.32. The Morgan fingerprint density at radius 2 is 2.10 bits per heavy atom. The molecular weight excluding hydrogens is 470 g/mol. The van der Waals surface area contributed by atoms with E-state index in [1.807, 2.05) is 13.8 Å². The van der Waals surface area contributed by atoms with Crippen molar-refractivity contribution in [2.75, 3.05) is 6.61 Å². The largest absolute Gasteiger partial charge is 0.477 e. The summed E-state index contributed by atoms with van der Waals surface area (Å²) in [5.41, 5.74) is 5.20. The van der Waals surface area contributed by atoms with Gasteiger partial charge in [-0.1, -0.05) is 29.8 Å². The second-order valence-corrected chi connectivity index (χ2v) is 7.80. The zero-order chi connectivity index (χ0) is 22.7. The molecule has 3 aromatic rings. The van der Waals surface area contributed by atoms with Crippen LogP contribution in [0.5, 0.6) is 5.75 Å². The molecule has 1 amide bonds. The number of carbonyl (C=O) groups is 1. The molecule has 1 aromatic heterocycles. The van der Waals surface area contributed by atoms with Gasteiger partial charge < -0.3 is 10.5 Å². The van der Waals surface area contributed by atoms with Crippen LogP contribution < -0.4 is 16.0 Å². The number of hydrogen-bond acceptors (Lipinski definition) is 7. The standard InChI is InChI=1S/C20H18BrN5O5/c1-11(2)19-24-15-5-4-13(21)8-14(15)20(28)25(19)23-9-12-3-6-17(31-10-18(22)27)16(7-12)26(29)30/h3-9,11H,10H2,1-2H3,(H2,22,27). The van der Waals surface area contributed by atoms with Crippen LogP contribution in [0.15, 0.2) is 50.8 Å².